The molecule has 0 atom stereocenters. The van der Waals surface area contributed by atoms with Crippen molar-refractivity contribution in [3.8, 4) is 0 Å². The fourth-order valence-electron chi connectivity index (χ4n) is 2.72. The Balaban J connectivity index is 1.96. The molecule has 0 saturated carbocycles. The molecule has 0 radical (unpaired) electrons. The molecule has 0 aliphatic carbocycles. The first-order valence-corrected chi connectivity index (χ1v) is 9.56. The number of rotatable bonds is 7. The fourth-order valence-corrected chi connectivity index (χ4v) is 3.39. The maximum Gasteiger partial charge on any atom is 0.261 e. The number of hydrogen-bond donors (Lipinski definition) is 2. The highest BCUT2D eigenvalue weighted by atomic mass is 32.2. The number of halogens is 3. The van der Waals surface area contributed by atoms with E-state index in [1.165, 1.54) is 17.0 Å². The smallest absolute Gasteiger partial charge is 0.261 e. The first-order chi connectivity index (χ1) is 13.4. The summed E-state index contributed by atoms with van der Waals surface area (Å²) in [4.78, 5) is 16.6. The van der Waals surface area contributed by atoms with Crippen molar-refractivity contribution in [2.45, 2.75) is 13.3 Å². The molecule has 0 unspecified atom stereocenters. The van der Waals surface area contributed by atoms with Crippen LogP contribution in [0.25, 0.3) is 10.9 Å². The van der Waals surface area contributed by atoms with Gasteiger partial charge in [0.2, 0.25) is 0 Å². The van der Waals surface area contributed by atoms with E-state index < -0.39 is 18.3 Å². The lowest BCUT2D eigenvalue weighted by molar-refractivity contribution is 0.489. The number of aryl methyl sites for hydroxylation is 2. The van der Waals surface area contributed by atoms with E-state index in [0.29, 0.717) is 34.3 Å². The third kappa shape index (κ3) is 3.94. The van der Waals surface area contributed by atoms with Crippen LogP contribution in [0.4, 0.5) is 30.2 Å². The van der Waals surface area contributed by atoms with Crippen molar-refractivity contribution in [2.75, 3.05) is 22.5 Å². The highest BCUT2D eigenvalue weighted by Crippen LogP contribution is 2.32. The van der Waals surface area contributed by atoms with Gasteiger partial charge in [0.1, 0.15) is 11.5 Å². The predicted octanol–water partition coefficient (Wildman–Crippen LogP) is 4.68. The molecule has 0 spiro atoms. The van der Waals surface area contributed by atoms with Crippen molar-refractivity contribution in [1.29, 1.82) is 0 Å². The summed E-state index contributed by atoms with van der Waals surface area (Å²) in [5.41, 5.74) is 0.958. The summed E-state index contributed by atoms with van der Waals surface area (Å²) in [6.07, 6.45) is 1.76. The van der Waals surface area contributed by atoms with Crippen molar-refractivity contribution in [1.82, 2.24) is 9.55 Å². The van der Waals surface area contributed by atoms with E-state index in [2.05, 4.69) is 15.0 Å². The lowest BCUT2D eigenvalue weighted by Crippen LogP contribution is -2.18. The van der Waals surface area contributed by atoms with E-state index in [0.717, 1.165) is 18.0 Å². The summed E-state index contributed by atoms with van der Waals surface area (Å²) in [5, 5.41) is 3.14. The van der Waals surface area contributed by atoms with Gasteiger partial charge in [0.05, 0.1) is 29.6 Å². The summed E-state index contributed by atoms with van der Waals surface area (Å²) < 4.78 is 45.3. The Hall–Kier alpha value is -2.68. The molecule has 5 nitrogen and oxygen atoms in total. The molecule has 0 aliphatic heterocycles. The Morgan fingerprint density at radius 3 is 2.68 bits per heavy atom. The monoisotopic (exact) mass is 408 g/mol. The average molecular weight is 408 g/mol. The van der Waals surface area contributed by atoms with E-state index in [4.69, 9.17) is 0 Å². The van der Waals surface area contributed by atoms with Crippen LogP contribution in [0.5, 0.6) is 0 Å². The van der Waals surface area contributed by atoms with Gasteiger partial charge in [-0.15, -0.1) is 0 Å². The lowest BCUT2D eigenvalue weighted by Gasteiger charge is -2.15. The molecule has 28 heavy (non-hydrogen) atoms. The van der Waals surface area contributed by atoms with Gasteiger partial charge < -0.3 is 14.6 Å². The van der Waals surface area contributed by atoms with Gasteiger partial charge in [0.25, 0.3) is 5.56 Å². The highest BCUT2D eigenvalue weighted by Gasteiger charge is 2.16. The van der Waals surface area contributed by atoms with Gasteiger partial charge in [0, 0.05) is 18.5 Å². The molecule has 1 heterocycles. The van der Waals surface area contributed by atoms with Crippen molar-refractivity contribution in [3.05, 3.63) is 58.1 Å². The average Bonchev–Trinajstić information content (AvgIpc) is 2.68. The second kappa shape index (κ2) is 8.55. The maximum atomic E-state index is 14.8. The minimum Gasteiger partial charge on any atom is -0.350 e. The standard InChI is InChI=1S/C19H19F3N4OS/c1-11-13(6-7-14-16(11)19(27)26(2)10-23-14)24-18-12(21)4-5-15(17(18)22)25-28-9-3-8-20/h4-7,10,24-25H,3,8-9H2,1-2H3. The molecule has 0 bridgehead atoms. The molecule has 0 amide bonds. The maximum absolute atomic E-state index is 14.8. The van der Waals surface area contributed by atoms with Gasteiger partial charge in [-0.3, -0.25) is 9.18 Å². The number of anilines is 3. The predicted molar refractivity (Wildman–Crippen MR) is 108 cm³/mol. The summed E-state index contributed by atoms with van der Waals surface area (Å²) >= 11 is 1.14. The fraction of sp³-hybridized carbons (Fsp3) is 0.263. The van der Waals surface area contributed by atoms with Crippen LogP contribution in [-0.2, 0) is 7.05 Å². The topological polar surface area (TPSA) is 59.0 Å². The first-order valence-electron chi connectivity index (χ1n) is 8.57. The van der Waals surface area contributed by atoms with Crippen LogP contribution in [-0.4, -0.2) is 22.0 Å². The Bertz CT molecular complexity index is 1070. The zero-order chi connectivity index (χ0) is 20.3. The quantitative estimate of drug-likeness (QED) is 0.439. The molecular formula is C19H19F3N4OS. The minimum absolute atomic E-state index is 0.0868. The van der Waals surface area contributed by atoms with Crippen molar-refractivity contribution in [3.63, 3.8) is 0 Å². The molecule has 0 saturated heterocycles. The number of nitrogens with one attached hydrogen (secondary N) is 2. The van der Waals surface area contributed by atoms with Gasteiger partial charge in [-0.1, -0.05) is 11.9 Å². The minimum atomic E-state index is -0.800. The molecule has 3 rings (SSSR count). The number of nitrogens with zero attached hydrogens (tertiary/aromatic N) is 2. The second-order valence-electron chi connectivity index (χ2n) is 6.19. The van der Waals surface area contributed by atoms with Crippen LogP contribution >= 0.6 is 11.9 Å². The molecule has 3 aromatic rings. The third-order valence-corrected chi connectivity index (χ3v) is 5.12. The van der Waals surface area contributed by atoms with Gasteiger partial charge in [-0.05, 0) is 43.2 Å². The molecular weight excluding hydrogens is 389 g/mol. The number of fused-ring (bicyclic) bond motifs is 1. The summed E-state index contributed by atoms with van der Waals surface area (Å²) in [6, 6.07) is 5.67. The zero-order valence-corrected chi connectivity index (χ0v) is 16.2. The summed E-state index contributed by atoms with van der Waals surface area (Å²) in [7, 11) is 1.59. The molecule has 1 aromatic heterocycles. The van der Waals surface area contributed by atoms with E-state index in [1.54, 1.807) is 26.1 Å². The molecule has 0 fully saturated rings. The summed E-state index contributed by atoms with van der Waals surface area (Å²) in [6.45, 7) is 1.24. The van der Waals surface area contributed by atoms with Crippen molar-refractivity contribution in [2.24, 2.45) is 7.05 Å². The highest BCUT2D eigenvalue weighted by molar-refractivity contribution is 8.00. The molecule has 0 aliphatic rings. The lowest BCUT2D eigenvalue weighted by atomic mass is 10.1. The molecule has 9 heteroatoms. The molecule has 148 valence electrons. The van der Waals surface area contributed by atoms with Gasteiger partial charge in [-0.2, -0.15) is 0 Å². The normalized spacial score (nSPS) is 11.0. The Morgan fingerprint density at radius 2 is 1.93 bits per heavy atom. The molecule has 2 aromatic carbocycles. The van der Waals surface area contributed by atoms with Crippen LogP contribution in [0.2, 0.25) is 0 Å². The Kier molecular flexibility index (Phi) is 6.13. The van der Waals surface area contributed by atoms with Crippen LogP contribution < -0.4 is 15.6 Å². The Labute approximate surface area is 164 Å². The van der Waals surface area contributed by atoms with Crippen LogP contribution in [0.1, 0.15) is 12.0 Å². The number of alkyl halides is 1. The van der Waals surface area contributed by atoms with Gasteiger partial charge in [-0.25, -0.2) is 13.8 Å². The third-order valence-electron chi connectivity index (χ3n) is 4.26. The van der Waals surface area contributed by atoms with Crippen LogP contribution in [0.3, 0.4) is 0 Å². The van der Waals surface area contributed by atoms with Crippen molar-refractivity contribution < 1.29 is 13.2 Å². The largest absolute Gasteiger partial charge is 0.350 e. The Morgan fingerprint density at radius 1 is 1.18 bits per heavy atom. The first kappa shape index (κ1) is 20.1. The number of aromatic nitrogens is 2. The van der Waals surface area contributed by atoms with E-state index in [-0.39, 0.29) is 16.9 Å². The van der Waals surface area contributed by atoms with Crippen LogP contribution in [0.15, 0.2) is 35.4 Å². The van der Waals surface area contributed by atoms with E-state index >= 15 is 0 Å². The number of hydrogen-bond acceptors (Lipinski definition) is 5. The van der Waals surface area contributed by atoms with Crippen molar-refractivity contribution >= 4 is 39.9 Å². The number of benzene rings is 2. The SMILES string of the molecule is Cc1c(Nc2c(F)ccc(NSCCCF)c2F)ccc2ncn(C)c(=O)c12. The van der Waals surface area contributed by atoms with E-state index in [9.17, 15) is 18.0 Å². The summed E-state index contributed by atoms with van der Waals surface area (Å²) in [5.74, 6) is -1.11. The zero-order valence-electron chi connectivity index (χ0n) is 15.4. The van der Waals surface area contributed by atoms with E-state index in [1.807, 2.05) is 0 Å². The van der Waals surface area contributed by atoms with Crippen LogP contribution in [0, 0.1) is 18.6 Å². The van der Waals surface area contributed by atoms with Gasteiger partial charge >= 0.3 is 0 Å². The van der Waals surface area contributed by atoms with Gasteiger partial charge in [0.15, 0.2) is 5.82 Å². The second-order valence-corrected chi connectivity index (χ2v) is 7.10. The molecule has 2 N–H and O–H groups in total.